The van der Waals surface area contributed by atoms with E-state index in [0.29, 0.717) is 11.3 Å². The van der Waals surface area contributed by atoms with E-state index >= 15 is 0 Å². The lowest BCUT2D eigenvalue weighted by Gasteiger charge is -2.28. The zero-order chi connectivity index (χ0) is 17.2. The van der Waals surface area contributed by atoms with Gasteiger partial charge in [-0.1, -0.05) is 66.8 Å². The van der Waals surface area contributed by atoms with E-state index in [-0.39, 0.29) is 12.5 Å². The second kappa shape index (κ2) is 6.98. The van der Waals surface area contributed by atoms with E-state index in [2.05, 4.69) is 0 Å². The molecule has 0 N–H and O–H groups in total. The molecule has 0 bridgehead atoms. The Balaban J connectivity index is 2.19. The molecule has 6 heteroatoms. The van der Waals surface area contributed by atoms with Gasteiger partial charge in [0.15, 0.2) is 0 Å². The van der Waals surface area contributed by atoms with Crippen LogP contribution in [-0.4, -0.2) is 26.2 Å². The van der Waals surface area contributed by atoms with Crippen molar-refractivity contribution in [1.82, 2.24) is 4.90 Å². The normalized spacial score (nSPS) is 28.4. The summed E-state index contributed by atoms with van der Waals surface area (Å²) in [4.78, 5) is 38.2. The maximum Gasteiger partial charge on any atom is 0.423 e. The molecular weight excluding hydrogens is 409 g/mol. The Morgan fingerprint density at radius 3 is 2.52 bits per heavy atom. The molecule has 2 unspecified atom stereocenters. The smallest absolute Gasteiger partial charge is 0.423 e. The molecule has 0 radical (unpaired) electrons. The van der Waals surface area contributed by atoms with Gasteiger partial charge in [0.05, 0.1) is 0 Å². The van der Waals surface area contributed by atoms with Gasteiger partial charge in [0.1, 0.15) is 10.0 Å². The number of alkyl halides is 1. The van der Waals surface area contributed by atoms with E-state index in [1.807, 2.05) is 59.8 Å². The number of hydrogen-bond acceptors (Lipinski definition) is 4. The fraction of sp³-hybridized carbons (Fsp3) is 0.471. The maximum absolute atomic E-state index is 12.7. The van der Waals surface area contributed by atoms with Gasteiger partial charge in [-0.3, -0.25) is 9.59 Å². The summed E-state index contributed by atoms with van der Waals surface area (Å²) in [6.45, 7) is 5.44. The lowest BCUT2D eigenvalue weighted by Crippen LogP contribution is -2.50. The van der Waals surface area contributed by atoms with Crippen LogP contribution in [0.4, 0.5) is 4.79 Å². The van der Waals surface area contributed by atoms with Gasteiger partial charge < -0.3 is 4.74 Å². The number of likely N-dealkylation sites (tertiary alicyclic amines) is 1. The zero-order valence-corrected chi connectivity index (χ0v) is 15.6. The van der Waals surface area contributed by atoms with Crippen LogP contribution < -0.4 is 0 Å². The third-order valence-corrected chi connectivity index (χ3v) is 5.81. The number of ether oxygens (including phenoxy) is 1. The van der Waals surface area contributed by atoms with Crippen LogP contribution in [0.3, 0.4) is 0 Å². The Labute approximate surface area is 149 Å². The fourth-order valence-corrected chi connectivity index (χ4v) is 3.05. The molecule has 0 spiro atoms. The summed E-state index contributed by atoms with van der Waals surface area (Å²) >= 11 is 2.03. The average Bonchev–Trinajstić information content (AvgIpc) is 2.57. The molecule has 124 valence electrons. The van der Waals surface area contributed by atoms with Crippen molar-refractivity contribution in [2.45, 2.75) is 37.2 Å². The van der Waals surface area contributed by atoms with E-state index in [0.717, 1.165) is 5.56 Å². The minimum atomic E-state index is -0.896. The second-order valence-corrected chi connectivity index (χ2v) is 8.37. The van der Waals surface area contributed by atoms with Crippen LogP contribution in [0.15, 0.2) is 30.3 Å². The number of hydrogen-bond donors (Lipinski definition) is 0. The standard InChI is InChI=1S/C17H20INO4/c1-11-9-12(2)17(3,18)15(21)19(14(11)20)16(22)23-10-13-7-5-4-6-8-13/h4-8,11-12H,9-10H2,1-3H3/t11?,12?,17-/m0/s1. The summed E-state index contributed by atoms with van der Waals surface area (Å²) < 4.78 is 4.37. The van der Waals surface area contributed by atoms with E-state index < -0.39 is 27.2 Å². The van der Waals surface area contributed by atoms with Gasteiger partial charge in [-0.2, -0.15) is 4.90 Å². The molecule has 1 aliphatic rings. The first-order valence-electron chi connectivity index (χ1n) is 7.53. The van der Waals surface area contributed by atoms with Gasteiger partial charge >= 0.3 is 6.09 Å². The summed E-state index contributed by atoms with van der Waals surface area (Å²) in [6, 6.07) is 9.14. The van der Waals surface area contributed by atoms with Gasteiger partial charge in [0, 0.05) is 5.92 Å². The molecule has 23 heavy (non-hydrogen) atoms. The number of rotatable bonds is 2. The Bertz CT molecular complexity index is 614. The summed E-state index contributed by atoms with van der Waals surface area (Å²) in [5.41, 5.74) is 0.800. The molecule has 1 aromatic rings. The Morgan fingerprint density at radius 1 is 1.30 bits per heavy atom. The number of benzene rings is 1. The molecule has 1 heterocycles. The highest BCUT2D eigenvalue weighted by Crippen LogP contribution is 2.38. The number of carbonyl (C=O) groups excluding carboxylic acids is 3. The van der Waals surface area contributed by atoms with Gasteiger partial charge in [0.2, 0.25) is 5.91 Å². The lowest BCUT2D eigenvalue weighted by atomic mass is 9.89. The van der Waals surface area contributed by atoms with Crippen molar-refractivity contribution >= 4 is 40.5 Å². The minimum absolute atomic E-state index is 0.0125. The van der Waals surface area contributed by atoms with Gasteiger partial charge in [0.25, 0.3) is 5.91 Å². The largest absolute Gasteiger partial charge is 0.444 e. The molecule has 2 rings (SSSR count). The highest BCUT2D eigenvalue weighted by atomic mass is 127. The number of carbonyl (C=O) groups is 3. The number of imide groups is 3. The Morgan fingerprint density at radius 2 is 1.91 bits per heavy atom. The summed E-state index contributed by atoms with van der Waals surface area (Å²) in [6.07, 6.45) is -0.334. The SMILES string of the molecule is CC1CC(C)[C@](C)(I)C(=O)N(C(=O)OCc2ccccc2)C1=O. The monoisotopic (exact) mass is 429 g/mol. The highest BCUT2D eigenvalue weighted by molar-refractivity contribution is 14.1. The van der Waals surface area contributed by atoms with Crippen molar-refractivity contribution in [3.8, 4) is 0 Å². The Kier molecular flexibility index (Phi) is 5.44. The zero-order valence-electron chi connectivity index (χ0n) is 13.4. The van der Waals surface area contributed by atoms with Crippen LogP contribution in [0, 0.1) is 11.8 Å². The van der Waals surface area contributed by atoms with Crippen molar-refractivity contribution in [2.75, 3.05) is 0 Å². The van der Waals surface area contributed by atoms with E-state index in [4.69, 9.17) is 4.74 Å². The second-order valence-electron chi connectivity index (χ2n) is 6.13. The first-order chi connectivity index (χ1) is 10.7. The van der Waals surface area contributed by atoms with Crippen molar-refractivity contribution < 1.29 is 19.1 Å². The van der Waals surface area contributed by atoms with Crippen LogP contribution in [-0.2, 0) is 20.9 Å². The van der Waals surface area contributed by atoms with Crippen LogP contribution in [0.25, 0.3) is 0 Å². The lowest BCUT2D eigenvalue weighted by molar-refractivity contribution is -0.144. The van der Waals surface area contributed by atoms with E-state index in [1.165, 1.54) is 0 Å². The molecule has 1 fully saturated rings. The van der Waals surface area contributed by atoms with E-state index in [1.54, 1.807) is 13.8 Å². The molecule has 0 saturated carbocycles. The number of nitrogens with zero attached hydrogens (tertiary/aromatic N) is 1. The predicted octanol–water partition coefficient (Wildman–Crippen LogP) is 3.55. The first-order valence-corrected chi connectivity index (χ1v) is 8.61. The average molecular weight is 429 g/mol. The topological polar surface area (TPSA) is 63.7 Å². The van der Waals surface area contributed by atoms with Crippen LogP contribution in [0.1, 0.15) is 32.8 Å². The molecule has 1 saturated heterocycles. The van der Waals surface area contributed by atoms with E-state index in [9.17, 15) is 14.4 Å². The molecular formula is C17H20INO4. The maximum atomic E-state index is 12.7. The molecule has 0 aliphatic carbocycles. The molecule has 3 amide bonds. The Hall–Kier alpha value is -1.44. The number of halogens is 1. The van der Waals surface area contributed by atoms with Gasteiger partial charge in [-0.25, -0.2) is 4.79 Å². The van der Waals surface area contributed by atoms with Gasteiger partial charge in [-0.05, 0) is 24.8 Å². The van der Waals surface area contributed by atoms with Crippen molar-refractivity contribution in [2.24, 2.45) is 11.8 Å². The van der Waals surface area contributed by atoms with Gasteiger partial charge in [-0.15, -0.1) is 0 Å². The molecule has 1 aliphatic heterocycles. The predicted molar refractivity (Wildman–Crippen MR) is 93.9 cm³/mol. The van der Waals surface area contributed by atoms with Crippen LogP contribution in [0.5, 0.6) is 0 Å². The van der Waals surface area contributed by atoms with Crippen molar-refractivity contribution in [1.29, 1.82) is 0 Å². The molecule has 3 atom stereocenters. The molecule has 0 aromatic heterocycles. The molecule has 1 aromatic carbocycles. The summed E-state index contributed by atoms with van der Waals surface area (Å²) in [5.74, 6) is -1.39. The van der Waals surface area contributed by atoms with Crippen LogP contribution >= 0.6 is 22.6 Å². The van der Waals surface area contributed by atoms with Crippen molar-refractivity contribution in [3.63, 3.8) is 0 Å². The summed E-state index contributed by atoms with van der Waals surface area (Å²) in [5, 5.41) is 0. The fourth-order valence-electron chi connectivity index (χ4n) is 2.56. The summed E-state index contributed by atoms with van der Waals surface area (Å²) in [7, 11) is 0. The third-order valence-electron chi connectivity index (χ3n) is 4.28. The highest BCUT2D eigenvalue weighted by Gasteiger charge is 2.49. The quantitative estimate of drug-likeness (QED) is 0.410. The van der Waals surface area contributed by atoms with Crippen LogP contribution in [0.2, 0.25) is 0 Å². The number of amides is 3. The minimum Gasteiger partial charge on any atom is -0.444 e. The first kappa shape index (κ1) is 17.9. The molecule has 5 nitrogen and oxygen atoms in total. The van der Waals surface area contributed by atoms with Crippen molar-refractivity contribution in [3.05, 3.63) is 35.9 Å². The third kappa shape index (κ3) is 3.73.